The molecule has 1 amide bonds. The van der Waals surface area contributed by atoms with Crippen LogP contribution in [0.4, 0.5) is 5.69 Å². The van der Waals surface area contributed by atoms with Crippen LogP contribution in [0.25, 0.3) is 0 Å². The summed E-state index contributed by atoms with van der Waals surface area (Å²) in [5, 5.41) is 4.00. The van der Waals surface area contributed by atoms with Crippen LogP contribution in [0.3, 0.4) is 0 Å². The molecule has 2 rings (SSSR count). The summed E-state index contributed by atoms with van der Waals surface area (Å²) >= 11 is 0. The second-order valence-electron chi connectivity index (χ2n) is 5.53. The number of aryl methyl sites for hydroxylation is 1. The topological polar surface area (TPSA) is 64.2 Å². The number of aromatic nitrogens is 2. The molecule has 0 aromatic carbocycles. The number of nitrogen functional groups attached to an aromatic ring is 1. The Morgan fingerprint density at radius 2 is 2.00 bits per heavy atom. The Morgan fingerprint density at radius 3 is 2.47 bits per heavy atom. The number of hydrogen-bond donors (Lipinski definition) is 1. The van der Waals surface area contributed by atoms with Gasteiger partial charge in [0.05, 0.1) is 11.9 Å². The van der Waals surface area contributed by atoms with Gasteiger partial charge in [0.2, 0.25) is 0 Å². The van der Waals surface area contributed by atoms with Gasteiger partial charge in [0, 0.05) is 20.1 Å². The second-order valence-corrected chi connectivity index (χ2v) is 5.53. The average molecular weight is 236 g/mol. The monoisotopic (exact) mass is 236 g/mol. The first-order valence-corrected chi connectivity index (χ1v) is 5.97. The predicted molar refractivity (Wildman–Crippen MR) is 66.5 cm³/mol. The molecule has 17 heavy (non-hydrogen) atoms. The molecule has 0 radical (unpaired) electrons. The molecular weight excluding hydrogens is 216 g/mol. The fourth-order valence-corrected chi connectivity index (χ4v) is 2.18. The van der Waals surface area contributed by atoms with Gasteiger partial charge in [-0.1, -0.05) is 13.8 Å². The molecule has 2 heterocycles. The summed E-state index contributed by atoms with van der Waals surface area (Å²) in [6.45, 7) is 6.09. The minimum Gasteiger partial charge on any atom is -0.396 e. The summed E-state index contributed by atoms with van der Waals surface area (Å²) in [7, 11) is 1.75. The number of carbonyl (C=O) groups is 1. The first-order chi connectivity index (χ1) is 7.91. The van der Waals surface area contributed by atoms with Crippen LogP contribution in [0.1, 0.15) is 37.2 Å². The highest BCUT2D eigenvalue weighted by Crippen LogP contribution is 2.30. The van der Waals surface area contributed by atoms with Gasteiger partial charge in [0.1, 0.15) is 5.69 Å². The van der Waals surface area contributed by atoms with Gasteiger partial charge >= 0.3 is 0 Å². The number of amides is 1. The fraction of sp³-hybridized carbons (Fsp3) is 0.667. The van der Waals surface area contributed by atoms with Crippen LogP contribution in [0.5, 0.6) is 0 Å². The minimum atomic E-state index is -0.00185. The van der Waals surface area contributed by atoms with E-state index in [9.17, 15) is 4.79 Å². The molecule has 1 aromatic heterocycles. The van der Waals surface area contributed by atoms with E-state index in [4.69, 9.17) is 5.73 Å². The van der Waals surface area contributed by atoms with E-state index in [1.807, 2.05) is 4.90 Å². The highest BCUT2D eigenvalue weighted by Gasteiger charge is 2.30. The Hall–Kier alpha value is -1.52. The molecule has 0 atom stereocenters. The smallest absolute Gasteiger partial charge is 0.274 e. The van der Waals surface area contributed by atoms with Crippen molar-refractivity contribution in [3.8, 4) is 0 Å². The number of rotatable bonds is 1. The fourth-order valence-electron chi connectivity index (χ4n) is 2.18. The molecule has 0 saturated carbocycles. The zero-order valence-corrected chi connectivity index (χ0v) is 10.7. The highest BCUT2D eigenvalue weighted by molar-refractivity contribution is 5.97. The van der Waals surface area contributed by atoms with Crippen molar-refractivity contribution in [2.24, 2.45) is 12.5 Å². The summed E-state index contributed by atoms with van der Waals surface area (Å²) in [5.41, 5.74) is 7.08. The van der Waals surface area contributed by atoms with Gasteiger partial charge in [-0.3, -0.25) is 9.48 Å². The molecule has 0 spiro atoms. The zero-order chi connectivity index (χ0) is 12.6. The number of carbonyl (C=O) groups excluding carboxylic acids is 1. The van der Waals surface area contributed by atoms with E-state index in [1.165, 1.54) is 6.20 Å². The highest BCUT2D eigenvalue weighted by atomic mass is 16.2. The molecule has 0 unspecified atom stereocenters. The van der Waals surface area contributed by atoms with Crippen LogP contribution < -0.4 is 5.73 Å². The summed E-state index contributed by atoms with van der Waals surface area (Å²) in [4.78, 5) is 14.2. The summed E-state index contributed by atoms with van der Waals surface area (Å²) in [6, 6.07) is 0. The molecule has 2 N–H and O–H groups in total. The molecule has 1 fully saturated rings. The van der Waals surface area contributed by atoms with Crippen molar-refractivity contribution in [1.29, 1.82) is 0 Å². The largest absolute Gasteiger partial charge is 0.396 e. The van der Waals surface area contributed by atoms with E-state index in [0.717, 1.165) is 25.9 Å². The summed E-state index contributed by atoms with van der Waals surface area (Å²) in [6.07, 6.45) is 3.61. The number of hydrogen-bond acceptors (Lipinski definition) is 3. The van der Waals surface area contributed by atoms with Crippen LogP contribution in [-0.2, 0) is 7.05 Å². The number of nitrogens with two attached hydrogens (primary N) is 1. The normalized spacial score (nSPS) is 19.4. The van der Waals surface area contributed by atoms with Gasteiger partial charge in [-0.15, -0.1) is 0 Å². The van der Waals surface area contributed by atoms with Crippen molar-refractivity contribution >= 4 is 11.6 Å². The lowest BCUT2D eigenvalue weighted by molar-refractivity contribution is 0.0620. The van der Waals surface area contributed by atoms with Gasteiger partial charge in [-0.25, -0.2) is 0 Å². The third kappa shape index (κ3) is 2.28. The van der Waals surface area contributed by atoms with E-state index < -0.39 is 0 Å². The van der Waals surface area contributed by atoms with Crippen molar-refractivity contribution in [1.82, 2.24) is 14.7 Å². The molecule has 94 valence electrons. The molecule has 1 aromatic rings. The maximum atomic E-state index is 12.3. The van der Waals surface area contributed by atoms with Gasteiger partial charge in [-0.05, 0) is 18.3 Å². The van der Waals surface area contributed by atoms with Crippen LogP contribution in [0.2, 0.25) is 0 Å². The van der Waals surface area contributed by atoms with Crippen LogP contribution in [-0.4, -0.2) is 33.7 Å². The molecule has 1 aliphatic heterocycles. The minimum absolute atomic E-state index is 0.00185. The van der Waals surface area contributed by atoms with Gasteiger partial charge < -0.3 is 10.6 Å². The molecule has 0 bridgehead atoms. The van der Waals surface area contributed by atoms with E-state index in [1.54, 1.807) is 11.7 Å². The Kier molecular flexibility index (Phi) is 2.85. The standard InChI is InChI=1S/C12H20N4O/c1-12(2)4-6-16(7-5-12)11(17)10-9(13)8-14-15(10)3/h8H,4-7,13H2,1-3H3. The van der Waals surface area contributed by atoms with Gasteiger partial charge in [0.25, 0.3) is 5.91 Å². The third-order valence-corrected chi connectivity index (χ3v) is 3.57. The lowest BCUT2D eigenvalue weighted by atomic mass is 9.82. The molecule has 0 aliphatic carbocycles. The maximum Gasteiger partial charge on any atom is 0.274 e. The second kappa shape index (κ2) is 4.05. The van der Waals surface area contributed by atoms with Crippen molar-refractivity contribution in [2.45, 2.75) is 26.7 Å². The van der Waals surface area contributed by atoms with Crippen molar-refractivity contribution in [2.75, 3.05) is 18.8 Å². The molecule has 1 aliphatic rings. The summed E-state index contributed by atoms with van der Waals surface area (Å²) < 4.78 is 1.55. The maximum absolute atomic E-state index is 12.3. The summed E-state index contributed by atoms with van der Waals surface area (Å²) in [5.74, 6) is -0.00185. The third-order valence-electron chi connectivity index (χ3n) is 3.57. The SMILES string of the molecule is Cn1ncc(N)c1C(=O)N1CCC(C)(C)CC1. The zero-order valence-electron chi connectivity index (χ0n) is 10.7. The van der Waals surface area contributed by atoms with Gasteiger partial charge in [-0.2, -0.15) is 5.10 Å². The first kappa shape index (κ1) is 12.0. The van der Waals surface area contributed by atoms with E-state index in [-0.39, 0.29) is 5.91 Å². The molecule has 1 saturated heterocycles. The van der Waals surface area contributed by atoms with E-state index in [0.29, 0.717) is 16.8 Å². The lowest BCUT2D eigenvalue weighted by Gasteiger charge is -2.36. The van der Waals surface area contributed by atoms with E-state index in [2.05, 4.69) is 18.9 Å². The average Bonchev–Trinajstić information content (AvgIpc) is 2.58. The number of likely N-dealkylation sites (tertiary alicyclic amines) is 1. The van der Waals surface area contributed by atoms with Crippen LogP contribution in [0, 0.1) is 5.41 Å². The predicted octanol–water partition coefficient (Wildman–Crippen LogP) is 1.26. The Balaban J connectivity index is 2.12. The lowest BCUT2D eigenvalue weighted by Crippen LogP contribution is -2.42. The van der Waals surface area contributed by atoms with Crippen LogP contribution in [0.15, 0.2) is 6.20 Å². The number of nitrogens with zero attached hydrogens (tertiary/aromatic N) is 3. The molecular formula is C12H20N4O. The van der Waals surface area contributed by atoms with Crippen molar-refractivity contribution < 1.29 is 4.79 Å². The Labute approximate surface area is 102 Å². The van der Waals surface area contributed by atoms with Crippen LogP contribution >= 0.6 is 0 Å². The van der Waals surface area contributed by atoms with E-state index >= 15 is 0 Å². The number of piperidine rings is 1. The van der Waals surface area contributed by atoms with Gasteiger partial charge in [0.15, 0.2) is 0 Å². The molecule has 5 nitrogen and oxygen atoms in total. The molecule has 5 heteroatoms. The number of anilines is 1. The first-order valence-electron chi connectivity index (χ1n) is 5.97. The quantitative estimate of drug-likeness (QED) is 0.798. The Bertz CT molecular complexity index is 406. The van der Waals surface area contributed by atoms with Crippen molar-refractivity contribution in [3.05, 3.63) is 11.9 Å². The van der Waals surface area contributed by atoms with Crippen molar-refractivity contribution in [3.63, 3.8) is 0 Å². The Morgan fingerprint density at radius 1 is 1.41 bits per heavy atom.